The van der Waals surface area contributed by atoms with Gasteiger partial charge in [0.2, 0.25) is 0 Å². The lowest BCUT2D eigenvalue weighted by Gasteiger charge is -2.10. The molecule has 19 heavy (non-hydrogen) atoms. The molecule has 1 N–H and O–H groups in total. The van der Waals surface area contributed by atoms with E-state index in [0.29, 0.717) is 6.54 Å². The van der Waals surface area contributed by atoms with Crippen molar-refractivity contribution in [3.63, 3.8) is 0 Å². The standard InChI is InChI=1S/C13H13N5O/c1-17-8-15-10-6-9(2-3-12(10)17)11-7-18(5-4-14)13(19)16-11/h2-3,6,8,11H,5,7H2,1H3,(H,16,19). The summed E-state index contributed by atoms with van der Waals surface area (Å²) in [6.07, 6.45) is 1.77. The minimum Gasteiger partial charge on any atom is -0.334 e. The van der Waals surface area contributed by atoms with Gasteiger partial charge in [-0.2, -0.15) is 5.26 Å². The van der Waals surface area contributed by atoms with Gasteiger partial charge < -0.3 is 14.8 Å². The molecule has 0 bridgehead atoms. The number of nitrogens with zero attached hydrogens (tertiary/aromatic N) is 4. The van der Waals surface area contributed by atoms with E-state index in [9.17, 15) is 4.79 Å². The molecule has 1 aromatic heterocycles. The van der Waals surface area contributed by atoms with Crippen molar-refractivity contribution in [1.29, 1.82) is 5.26 Å². The van der Waals surface area contributed by atoms with Gasteiger partial charge in [0.25, 0.3) is 0 Å². The minimum atomic E-state index is -0.187. The first-order valence-electron chi connectivity index (χ1n) is 6.02. The number of urea groups is 1. The number of benzene rings is 1. The Labute approximate surface area is 110 Å². The van der Waals surface area contributed by atoms with Crippen LogP contribution in [-0.4, -0.2) is 33.6 Å². The maximum absolute atomic E-state index is 11.7. The Bertz CT molecular complexity index is 684. The van der Waals surface area contributed by atoms with Crippen molar-refractivity contribution in [3.8, 4) is 6.07 Å². The molecular weight excluding hydrogens is 242 g/mol. The Balaban J connectivity index is 1.89. The summed E-state index contributed by atoms with van der Waals surface area (Å²) in [6, 6.07) is 7.70. The van der Waals surface area contributed by atoms with E-state index in [2.05, 4.69) is 10.3 Å². The second-order valence-corrected chi connectivity index (χ2v) is 4.64. The van der Waals surface area contributed by atoms with Crippen molar-refractivity contribution >= 4 is 17.1 Å². The molecule has 1 aliphatic rings. The minimum absolute atomic E-state index is 0.0766. The molecule has 1 fully saturated rings. The molecule has 0 radical (unpaired) electrons. The van der Waals surface area contributed by atoms with Crippen LogP contribution in [0, 0.1) is 11.3 Å². The van der Waals surface area contributed by atoms with Crippen LogP contribution in [0.25, 0.3) is 11.0 Å². The predicted molar refractivity (Wildman–Crippen MR) is 69.2 cm³/mol. The lowest BCUT2D eigenvalue weighted by Crippen LogP contribution is -2.28. The summed E-state index contributed by atoms with van der Waals surface area (Å²) in [5.41, 5.74) is 2.98. The molecule has 3 rings (SSSR count). The SMILES string of the molecule is Cn1cnc2cc(C3CN(CC#N)C(=O)N3)ccc21. The van der Waals surface area contributed by atoms with Gasteiger partial charge in [0.15, 0.2) is 0 Å². The Morgan fingerprint density at radius 3 is 3.21 bits per heavy atom. The van der Waals surface area contributed by atoms with Crippen LogP contribution in [0.3, 0.4) is 0 Å². The van der Waals surface area contributed by atoms with Crippen molar-refractivity contribution in [1.82, 2.24) is 19.8 Å². The van der Waals surface area contributed by atoms with Crippen molar-refractivity contribution < 1.29 is 4.79 Å². The Morgan fingerprint density at radius 2 is 2.42 bits per heavy atom. The fourth-order valence-corrected chi connectivity index (χ4v) is 2.37. The third kappa shape index (κ3) is 1.89. The maximum atomic E-state index is 11.7. The summed E-state index contributed by atoms with van der Waals surface area (Å²) >= 11 is 0. The second kappa shape index (κ2) is 4.28. The van der Waals surface area contributed by atoms with Gasteiger partial charge >= 0.3 is 6.03 Å². The van der Waals surface area contributed by atoms with Gasteiger partial charge in [-0.3, -0.25) is 0 Å². The number of aromatic nitrogens is 2. The van der Waals surface area contributed by atoms with Crippen LogP contribution in [-0.2, 0) is 7.05 Å². The number of rotatable bonds is 2. The van der Waals surface area contributed by atoms with E-state index in [4.69, 9.17) is 5.26 Å². The zero-order valence-electron chi connectivity index (χ0n) is 10.5. The molecule has 2 amide bonds. The smallest absolute Gasteiger partial charge is 0.318 e. The number of hydrogen-bond donors (Lipinski definition) is 1. The third-order valence-corrected chi connectivity index (χ3v) is 3.40. The first-order valence-corrected chi connectivity index (χ1v) is 6.02. The molecule has 1 atom stereocenters. The molecule has 2 aromatic rings. The number of nitrogens with one attached hydrogen (secondary N) is 1. The second-order valence-electron chi connectivity index (χ2n) is 4.64. The Hall–Kier alpha value is -2.55. The van der Waals surface area contributed by atoms with Crippen molar-refractivity contribution in [2.75, 3.05) is 13.1 Å². The lowest BCUT2D eigenvalue weighted by atomic mass is 10.1. The number of fused-ring (bicyclic) bond motifs is 1. The monoisotopic (exact) mass is 255 g/mol. The lowest BCUT2D eigenvalue weighted by molar-refractivity contribution is 0.222. The van der Waals surface area contributed by atoms with Crippen molar-refractivity contribution in [2.24, 2.45) is 7.05 Å². The average Bonchev–Trinajstić information content (AvgIpc) is 2.95. The summed E-state index contributed by atoms with van der Waals surface area (Å²) < 4.78 is 1.95. The summed E-state index contributed by atoms with van der Waals surface area (Å²) in [4.78, 5) is 17.5. The van der Waals surface area contributed by atoms with Gasteiger partial charge in [-0.25, -0.2) is 9.78 Å². The fraction of sp³-hybridized carbons (Fsp3) is 0.308. The fourth-order valence-electron chi connectivity index (χ4n) is 2.37. The first-order chi connectivity index (χ1) is 9.19. The summed E-state index contributed by atoms with van der Waals surface area (Å²) in [6.45, 7) is 0.638. The van der Waals surface area contributed by atoms with E-state index in [1.807, 2.05) is 35.9 Å². The Morgan fingerprint density at radius 1 is 1.58 bits per heavy atom. The number of aryl methyl sites for hydroxylation is 1. The highest BCUT2D eigenvalue weighted by Gasteiger charge is 2.29. The van der Waals surface area contributed by atoms with Crippen molar-refractivity contribution in [2.45, 2.75) is 6.04 Å². The zero-order chi connectivity index (χ0) is 13.4. The molecule has 1 unspecified atom stereocenters. The quantitative estimate of drug-likeness (QED) is 0.818. The highest BCUT2D eigenvalue weighted by atomic mass is 16.2. The molecule has 1 aromatic carbocycles. The van der Waals surface area contributed by atoms with Gasteiger partial charge in [0, 0.05) is 13.6 Å². The predicted octanol–water partition coefficient (Wildman–Crippen LogP) is 1.16. The van der Waals surface area contributed by atoms with Gasteiger partial charge in [-0.05, 0) is 17.7 Å². The van der Waals surface area contributed by atoms with Crippen LogP contribution in [0.15, 0.2) is 24.5 Å². The molecule has 96 valence electrons. The van der Waals surface area contributed by atoms with Gasteiger partial charge in [-0.15, -0.1) is 0 Å². The van der Waals surface area contributed by atoms with Gasteiger partial charge in [-0.1, -0.05) is 6.07 Å². The number of hydrogen-bond acceptors (Lipinski definition) is 3. The topological polar surface area (TPSA) is 74.0 Å². The number of nitriles is 1. The van der Waals surface area contributed by atoms with Crippen LogP contribution in [0.5, 0.6) is 0 Å². The van der Waals surface area contributed by atoms with Gasteiger partial charge in [0.1, 0.15) is 6.54 Å². The molecule has 1 aliphatic heterocycles. The molecular formula is C13H13N5O. The van der Waals surface area contributed by atoms with Crippen LogP contribution in [0.1, 0.15) is 11.6 Å². The van der Waals surface area contributed by atoms with E-state index >= 15 is 0 Å². The summed E-state index contributed by atoms with van der Waals surface area (Å²) in [7, 11) is 1.95. The molecule has 2 heterocycles. The first kappa shape index (κ1) is 11.5. The van der Waals surface area contributed by atoms with E-state index in [1.165, 1.54) is 4.90 Å². The van der Waals surface area contributed by atoms with Crippen LogP contribution < -0.4 is 5.32 Å². The molecule has 0 aliphatic carbocycles. The summed E-state index contributed by atoms with van der Waals surface area (Å²) in [5.74, 6) is 0. The van der Waals surface area contributed by atoms with E-state index in [0.717, 1.165) is 16.6 Å². The highest BCUT2D eigenvalue weighted by molar-refractivity contribution is 5.79. The normalized spacial score (nSPS) is 18.6. The number of carbonyl (C=O) groups excluding carboxylic acids is 1. The zero-order valence-corrected chi connectivity index (χ0v) is 10.5. The number of carbonyl (C=O) groups is 1. The largest absolute Gasteiger partial charge is 0.334 e. The summed E-state index contributed by atoms with van der Waals surface area (Å²) in [5, 5.41) is 11.5. The van der Waals surface area contributed by atoms with Crippen molar-refractivity contribution in [3.05, 3.63) is 30.1 Å². The van der Waals surface area contributed by atoms with Crippen LogP contribution in [0.4, 0.5) is 4.79 Å². The number of imidazole rings is 1. The van der Waals surface area contributed by atoms with E-state index in [1.54, 1.807) is 6.33 Å². The van der Waals surface area contributed by atoms with E-state index in [-0.39, 0.29) is 18.6 Å². The average molecular weight is 255 g/mol. The third-order valence-electron chi connectivity index (χ3n) is 3.40. The van der Waals surface area contributed by atoms with Gasteiger partial charge in [0.05, 0.1) is 29.5 Å². The Kier molecular flexibility index (Phi) is 2.60. The maximum Gasteiger partial charge on any atom is 0.318 e. The highest BCUT2D eigenvalue weighted by Crippen LogP contribution is 2.23. The van der Waals surface area contributed by atoms with E-state index < -0.39 is 0 Å². The van der Waals surface area contributed by atoms with Crippen LogP contribution in [0.2, 0.25) is 0 Å². The molecule has 6 heteroatoms. The molecule has 0 saturated carbocycles. The molecule has 1 saturated heterocycles. The molecule has 0 spiro atoms. The van der Waals surface area contributed by atoms with Crippen LogP contribution >= 0.6 is 0 Å². The number of amides is 2. The molecule has 6 nitrogen and oxygen atoms in total.